The summed E-state index contributed by atoms with van der Waals surface area (Å²) in [6, 6.07) is 8.00. The quantitative estimate of drug-likeness (QED) is 0.827. The smallest absolute Gasteiger partial charge is 0.310 e. The molecular weight excluding hydrogens is 304 g/mol. The molecule has 1 amide bonds. The molecule has 5 nitrogen and oxygen atoms in total. The van der Waals surface area contributed by atoms with Gasteiger partial charge >= 0.3 is 5.97 Å². The van der Waals surface area contributed by atoms with Crippen LogP contribution in [0.3, 0.4) is 0 Å². The lowest BCUT2D eigenvalue weighted by Crippen LogP contribution is -2.44. The number of fused-ring (bicyclic) bond motifs is 1. The second kappa shape index (κ2) is 7.51. The highest BCUT2D eigenvalue weighted by molar-refractivity contribution is 5.89. The number of para-hydroxylation sites is 1. The van der Waals surface area contributed by atoms with Crippen LogP contribution in [0.15, 0.2) is 24.3 Å². The molecule has 0 aliphatic heterocycles. The van der Waals surface area contributed by atoms with Crippen LogP contribution >= 0.6 is 0 Å². The van der Waals surface area contributed by atoms with Crippen LogP contribution in [0, 0.1) is 6.92 Å². The maximum absolute atomic E-state index is 12.3. The number of hydrogen-bond donors (Lipinski definition) is 1. The molecule has 24 heavy (non-hydrogen) atoms. The van der Waals surface area contributed by atoms with Crippen LogP contribution in [0.5, 0.6) is 0 Å². The van der Waals surface area contributed by atoms with Gasteiger partial charge in [-0.3, -0.25) is 9.59 Å². The maximum Gasteiger partial charge on any atom is 0.310 e. The van der Waals surface area contributed by atoms with Crippen molar-refractivity contribution in [2.24, 2.45) is 0 Å². The van der Waals surface area contributed by atoms with E-state index < -0.39 is 0 Å². The van der Waals surface area contributed by atoms with E-state index in [1.807, 2.05) is 58.9 Å². The van der Waals surface area contributed by atoms with Gasteiger partial charge in [0.05, 0.1) is 6.42 Å². The van der Waals surface area contributed by atoms with Gasteiger partial charge in [0.15, 0.2) is 6.61 Å². The molecule has 0 unspecified atom stereocenters. The Labute approximate surface area is 143 Å². The van der Waals surface area contributed by atoms with Gasteiger partial charge in [0.25, 0.3) is 5.91 Å². The predicted molar refractivity (Wildman–Crippen MR) is 94.8 cm³/mol. The van der Waals surface area contributed by atoms with Gasteiger partial charge in [-0.15, -0.1) is 0 Å². The average Bonchev–Trinajstić information content (AvgIpc) is 2.80. The van der Waals surface area contributed by atoms with Crippen LogP contribution in [0.4, 0.5) is 0 Å². The van der Waals surface area contributed by atoms with Gasteiger partial charge < -0.3 is 14.6 Å². The van der Waals surface area contributed by atoms with E-state index in [0.29, 0.717) is 0 Å². The lowest BCUT2D eigenvalue weighted by atomic mass is 10.1. The first kappa shape index (κ1) is 18.0. The molecule has 0 fully saturated rings. The number of hydrogen-bond acceptors (Lipinski definition) is 3. The van der Waals surface area contributed by atoms with Crippen molar-refractivity contribution in [1.29, 1.82) is 0 Å². The molecule has 0 saturated heterocycles. The lowest BCUT2D eigenvalue weighted by molar-refractivity contribution is -0.153. The molecule has 0 aliphatic carbocycles. The van der Waals surface area contributed by atoms with Gasteiger partial charge in [0.2, 0.25) is 0 Å². The van der Waals surface area contributed by atoms with Gasteiger partial charge in [-0.05, 0) is 46.2 Å². The molecule has 1 heterocycles. The Morgan fingerprint density at radius 2 is 1.75 bits per heavy atom. The van der Waals surface area contributed by atoms with E-state index in [4.69, 9.17) is 4.74 Å². The molecule has 0 atom stereocenters. The molecule has 0 saturated carbocycles. The van der Waals surface area contributed by atoms with Gasteiger partial charge in [-0.25, -0.2) is 0 Å². The monoisotopic (exact) mass is 330 g/mol. The van der Waals surface area contributed by atoms with E-state index in [1.165, 1.54) is 0 Å². The molecule has 2 rings (SSSR count). The number of nitrogens with one attached hydrogen (secondary N) is 1. The van der Waals surface area contributed by atoms with Crippen molar-refractivity contribution < 1.29 is 14.3 Å². The van der Waals surface area contributed by atoms with Crippen LogP contribution in [-0.2, 0) is 20.7 Å². The van der Waals surface area contributed by atoms with Gasteiger partial charge in [0, 0.05) is 28.7 Å². The van der Waals surface area contributed by atoms with Crippen molar-refractivity contribution in [3.8, 4) is 0 Å². The number of aromatic nitrogens is 1. The first-order valence-electron chi connectivity index (χ1n) is 8.34. The Hall–Kier alpha value is -2.30. The van der Waals surface area contributed by atoms with E-state index in [1.54, 1.807) is 4.90 Å². The summed E-state index contributed by atoms with van der Waals surface area (Å²) in [6.07, 6.45) is 0.159. The minimum Gasteiger partial charge on any atom is -0.455 e. The fourth-order valence-electron chi connectivity index (χ4n) is 3.15. The Bertz CT molecular complexity index is 723. The zero-order chi connectivity index (χ0) is 17.9. The highest BCUT2D eigenvalue weighted by Crippen LogP contribution is 2.22. The maximum atomic E-state index is 12.3. The SMILES string of the molecule is Cc1[nH]c2ccccc2c1CC(=O)OCC(=O)N(C(C)C)C(C)C. The molecule has 130 valence electrons. The molecular formula is C19H26N2O3. The number of esters is 1. The Morgan fingerprint density at radius 3 is 2.38 bits per heavy atom. The van der Waals surface area contributed by atoms with Gasteiger partial charge in [-0.2, -0.15) is 0 Å². The summed E-state index contributed by atoms with van der Waals surface area (Å²) in [5, 5.41) is 1.02. The number of ether oxygens (including phenoxy) is 1. The number of nitrogens with zero attached hydrogens (tertiary/aromatic N) is 1. The summed E-state index contributed by atoms with van der Waals surface area (Å²) in [4.78, 5) is 29.4. The molecule has 1 N–H and O–H groups in total. The van der Waals surface area contributed by atoms with Crippen molar-refractivity contribution in [3.63, 3.8) is 0 Å². The molecule has 0 bridgehead atoms. The van der Waals surface area contributed by atoms with E-state index >= 15 is 0 Å². The number of aryl methyl sites for hydroxylation is 1. The number of rotatable bonds is 6. The molecule has 1 aromatic heterocycles. The first-order chi connectivity index (χ1) is 11.3. The largest absolute Gasteiger partial charge is 0.455 e. The first-order valence-corrected chi connectivity index (χ1v) is 8.34. The summed E-state index contributed by atoms with van der Waals surface area (Å²) in [5.41, 5.74) is 2.87. The summed E-state index contributed by atoms with van der Waals surface area (Å²) >= 11 is 0. The third-order valence-corrected chi connectivity index (χ3v) is 4.11. The van der Waals surface area contributed by atoms with Gasteiger partial charge in [0.1, 0.15) is 0 Å². The Morgan fingerprint density at radius 1 is 1.12 bits per heavy atom. The number of carbonyl (C=O) groups excluding carboxylic acids is 2. The topological polar surface area (TPSA) is 62.4 Å². The predicted octanol–water partition coefficient (Wildman–Crippen LogP) is 3.21. The van der Waals surface area contributed by atoms with E-state index in [2.05, 4.69) is 4.98 Å². The standard InChI is InChI=1S/C19H26N2O3/c1-12(2)21(13(3)4)18(22)11-24-19(23)10-16-14(5)20-17-9-7-6-8-15(16)17/h6-9,12-13,20H,10-11H2,1-5H3. The molecule has 0 spiro atoms. The summed E-state index contributed by atoms with van der Waals surface area (Å²) in [6.45, 7) is 9.54. The van der Waals surface area contributed by atoms with E-state index in [9.17, 15) is 9.59 Å². The summed E-state index contributed by atoms with van der Waals surface area (Å²) < 4.78 is 5.22. The lowest BCUT2D eigenvalue weighted by Gasteiger charge is -2.30. The van der Waals surface area contributed by atoms with Crippen molar-refractivity contribution >= 4 is 22.8 Å². The third kappa shape index (κ3) is 3.96. The number of H-pyrrole nitrogens is 1. The normalized spacial score (nSPS) is 11.3. The summed E-state index contributed by atoms with van der Waals surface area (Å²) in [5.74, 6) is -0.548. The fourth-order valence-corrected chi connectivity index (χ4v) is 3.15. The van der Waals surface area contributed by atoms with Crippen LogP contribution in [0.25, 0.3) is 10.9 Å². The minimum atomic E-state index is -0.385. The minimum absolute atomic E-state index is 0.0760. The number of amides is 1. The van der Waals surface area contributed by atoms with Crippen molar-refractivity contribution in [1.82, 2.24) is 9.88 Å². The fraction of sp³-hybridized carbons (Fsp3) is 0.474. The number of carbonyl (C=O) groups is 2. The van der Waals surface area contributed by atoms with Crippen LogP contribution in [-0.4, -0.2) is 40.5 Å². The van der Waals surface area contributed by atoms with Gasteiger partial charge in [-0.1, -0.05) is 18.2 Å². The highest BCUT2D eigenvalue weighted by Gasteiger charge is 2.21. The Kier molecular flexibility index (Phi) is 5.65. The third-order valence-electron chi connectivity index (χ3n) is 4.11. The molecule has 1 aromatic carbocycles. The van der Waals surface area contributed by atoms with E-state index in [-0.39, 0.29) is 37.0 Å². The second-order valence-electron chi connectivity index (χ2n) is 6.60. The Balaban J connectivity index is 2.00. The summed E-state index contributed by atoms with van der Waals surface area (Å²) in [7, 11) is 0. The zero-order valence-corrected chi connectivity index (χ0v) is 15.1. The molecule has 2 aromatic rings. The number of benzene rings is 1. The number of aromatic amines is 1. The highest BCUT2D eigenvalue weighted by atomic mass is 16.5. The van der Waals surface area contributed by atoms with Crippen molar-refractivity contribution in [3.05, 3.63) is 35.5 Å². The second-order valence-corrected chi connectivity index (χ2v) is 6.60. The van der Waals surface area contributed by atoms with Crippen LogP contribution < -0.4 is 0 Å². The molecule has 5 heteroatoms. The van der Waals surface area contributed by atoms with Crippen LogP contribution in [0.2, 0.25) is 0 Å². The average molecular weight is 330 g/mol. The molecule has 0 aliphatic rings. The van der Waals surface area contributed by atoms with Crippen LogP contribution in [0.1, 0.15) is 39.0 Å². The van der Waals surface area contributed by atoms with Crippen molar-refractivity contribution in [2.45, 2.75) is 53.1 Å². The van der Waals surface area contributed by atoms with Crippen molar-refractivity contribution in [2.75, 3.05) is 6.61 Å². The zero-order valence-electron chi connectivity index (χ0n) is 15.1. The van der Waals surface area contributed by atoms with E-state index in [0.717, 1.165) is 22.2 Å². The molecule has 0 radical (unpaired) electrons.